The molecule has 1 amide bonds. The number of rotatable bonds is 6. The summed E-state index contributed by atoms with van der Waals surface area (Å²) in [6.45, 7) is 3.38. The molecular weight excluding hydrogens is 310 g/mol. The molecule has 1 aromatic carbocycles. The van der Waals surface area contributed by atoms with Crippen molar-refractivity contribution in [1.29, 1.82) is 0 Å². The summed E-state index contributed by atoms with van der Waals surface area (Å²) < 4.78 is 5.38. The number of hydrogen-bond acceptors (Lipinski definition) is 5. The van der Waals surface area contributed by atoms with Crippen molar-refractivity contribution in [2.45, 2.75) is 31.7 Å². The van der Waals surface area contributed by atoms with Crippen molar-refractivity contribution < 1.29 is 9.32 Å². The molecule has 1 aliphatic rings. The van der Waals surface area contributed by atoms with Gasteiger partial charge in [-0.25, -0.2) is 0 Å². The van der Waals surface area contributed by atoms with Crippen LogP contribution in [0.1, 0.15) is 42.5 Å². The van der Waals surface area contributed by atoms with E-state index in [4.69, 9.17) is 4.52 Å². The van der Waals surface area contributed by atoms with Crippen molar-refractivity contribution in [2.24, 2.45) is 0 Å². The summed E-state index contributed by atoms with van der Waals surface area (Å²) in [7, 11) is 0. The Morgan fingerprint density at radius 3 is 2.91 bits per heavy atom. The number of hydrogen-bond donors (Lipinski definition) is 0. The van der Waals surface area contributed by atoms with Crippen LogP contribution in [0.25, 0.3) is 0 Å². The van der Waals surface area contributed by atoms with Gasteiger partial charge in [-0.1, -0.05) is 42.4 Å². The molecule has 0 saturated carbocycles. The van der Waals surface area contributed by atoms with Crippen LogP contribution in [0.5, 0.6) is 0 Å². The highest BCUT2D eigenvalue weighted by Crippen LogP contribution is 2.28. The summed E-state index contributed by atoms with van der Waals surface area (Å²) in [5, 5.41) is 4.10. The van der Waals surface area contributed by atoms with Gasteiger partial charge in [-0.15, -0.1) is 0 Å². The van der Waals surface area contributed by atoms with Crippen LogP contribution in [0.15, 0.2) is 34.9 Å². The number of nitrogens with zero attached hydrogens (tertiary/aromatic N) is 3. The van der Waals surface area contributed by atoms with E-state index in [0.29, 0.717) is 31.2 Å². The molecular formula is C17H21N3O2S. The molecule has 122 valence electrons. The largest absolute Gasteiger partial charge is 0.339 e. The Labute approximate surface area is 140 Å². The lowest BCUT2D eigenvalue weighted by Crippen LogP contribution is -2.24. The van der Waals surface area contributed by atoms with E-state index in [2.05, 4.69) is 23.3 Å². The fourth-order valence-corrected chi connectivity index (χ4v) is 3.48. The van der Waals surface area contributed by atoms with Gasteiger partial charge in [-0.2, -0.15) is 16.7 Å². The number of thioether (sulfide) groups is 1. The van der Waals surface area contributed by atoms with Gasteiger partial charge in [0.2, 0.25) is 11.8 Å². The average molecular weight is 331 g/mol. The third kappa shape index (κ3) is 3.75. The van der Waals surface area contributed by atoms with E-state index < -0.39 is 0 Å². The summed E-state index contributed by atoms with van der Waals surface area (Å²) in [5.74, 6) is 2.71. The fourth-order valence-electron chi connectivity index (χ4n) is 2.84. The molecule has 2 atom stereocenters. The van der Waals surface area contributed by atoms with Crippen LogP contribution >= 0.6 is 11.8 Å². The van der Waals surface area contributed by atoms with Crippen LogP contribution in [0, 0.1) is 0 Å². The lowest BCUT2D eigenvalue weighted by molar-refractivity contribution is -0.128. The van der Waals surface area contributed by atoms with Crippen LogP contribution in [0.2, 0.25) is 0 Å². The van der Waals surface area contributed by atoms with Gasteiger partial charge in [-0.3, -0.25) is 4.79 Å². The predicted octanol–water partition coefficient (Wildman–Crippen LogP) is 3.05. The van der Waals surface area contributed by atoms with E-state index in [1.54, 1.807) is 11.8 Å². The van der Waals surface area contributed by atoms with E-state index >= 15 is 0 Å². The lowest BCUT2D eigenvalue weighted by atomic mass is 10.1. The minimum atomic E-state index is 0.0326. The zero-order chi connectivity index (χ0) is 16.2. The zero-order valence-electron chi connectivity index (χ0n) is 13.4. The molecule has 1 aliphatic heterocycles. The monoisotopic (exact) mass is 331 g/mol. The van der Waals surface area contributed by atoms with E-state index in [9.17, 15) is 4.79 Å². The first-order valence-corrected chi connectivity index (χ1v) is 9.21. The van der Waals surface area contributed by atoms with Gasteiger partial charge in [0.15, 0.2) is 5.82 Å². The molecule has 0 unspecified atom stereocenters. The Morgan fingerprint density at radius 2 is 2.17 bits per heavy atom. The molecule has 0 radical (unpaired) electrons. The average Bonchev–Trinajstić information content (AvgIpc) is 3.16. The highest BCUT2D eigenvalue weighted by Gasteiger charge is 2.33. The van der Waals surface area contributed by atoms with Crippen LogP contribution in [-0.4, -0.2) is 39.5 Å². The maximum Gasteiger partial charge on any atom is 0.230 e. The Bertz CT molecular complexity index is 659. The van der Waals surface area contributed by atoms with Gasteiger partial charge in [-0.05, 0) is 11.8 Å². The van der Waals surface area contributed by atoms with Gasteiger partial charge in [0.05, 0.1) is 0 Å². The fraction of sp³-hybridized carbons (Fsp3) is 0.471. The molecule has 1 saturated heterocycles. The molecule has 1 aromatic heterocycles. The number of carbonyl (C=O) groups excluding carboxylic acids is 1. The number of carbonyl (C=O) groups is 1. The first-order chi connectivity index (χ1) is 11.2. The molecule has 3 rings (SSSR count). The van der Waals surface area contributed by atoms with Crippen molar-refractivity contribution >= 4 is 17.7 Å². The predicted molar refractivity (Wildman–Crippen MR) is 90.3 cm³/mol. The summed E-state index contributed by atoms with van der Waals surface area (Å²) in [4.78, 5) is 18.6. The normalized spacial score (nSPS) is 19.3. The smallest absolute Gasteiger partial charge is 0.230 e. The van der Waals surface area contributed by atoms with Gasteiger partial charge in [0.25, 0.3) is 0 Å². The second kappa shape index (κ2) is 7.17. The van der Waals surface area contributed by atoms with Crippen molar-refractivity contribution in [3.8, 4) is 0 Å². The summed E-state index contributed by atoms with van der Waals surface area (Å²) >= 11 is 1.76. The van der Waals surface area contributed by atoms with Crippen LogP contribution in [0.3, 0.4) is 0 Å². The zero-order valence-corrected chi connectivity index (χ0v) is 14.3. The van der Waals surface area contributed by atoms with Gasteiger partial charge < -0.3 is 9.42 Å². The topological polar surface area (TPSA) is 59.2 Å². The van der Waals surface area contributed by atoms with E-state index in [1.807, 2.05) is 35.2 Å². The van der Waals surface area contributed by atoms with Crippen molar-refractivity contribution in [3.63, 3.8) is 0 Å². The van der Waals surface area contributed by atoms with E-state index in [0.717, 1.165) is 11.3 Å². The lowest BCUT2D eigenvalue weighted by Gasteiger charge is -2.15. The molecule has 6 heteroatoms. The van der Waals surface area contributed by atoms with E-state index in [-0.39, 0.29) is 17.7 Å². The second-order valence-electron chi connectivity index (χ2n) is 6.01. The molecule has 0 spiro atoms. The second-order valence-corrected chi connectivity index (χ2v) is 6.92. The molecule has 0 N–H and O–H groups in total. The molecule has 0 aliphatic carbocycles. The van der Waals surface area contributed by atoms with Crippen molar-refractivity contribution in [3.05, 3.63) is 47.6 Å². The SMILES string of the molecule is CSC[C@@H](C)c1nc([C@H]2CC(=O)N(Cc3ccccc3)C2)no1. The molecule has 5 nitrogen and oxygen atoms in total. The Morgan fingerprint density at radius 1 is 1.39 bits per heavy atom. The van der Waals surface area contributed by atoms with E-state index in [1.165, 1.54) is 0 Å². The Kier molecular flexibility index (Phi) is 5.00. The minimum Gasteiger partial charge on any atom is -0.339 e. The maximum atomic E-state index is 12.2. The van der Waals surface area contributed by atoms with Crippen LogP contribution < -0.4 is 0 Å². The highest BCUT2D eigenvalue weighted by molar-refractivity contribution is 7.98. The minimum absolute atomic E-state index is 0.0326. The van der Waals surface area contributed by atoms with Crippen LogP contribution in [0.4, 0.5) is 0 Å². The third-order valence-corrected chi connectivity index (χ3v) is 4.92. The number of aromatic nitrogens is 2. The van der Waals surface area contributed by atoms with Crippen LogP contribution in [-0.2, 0) is 11.3 Å². The maximum absolute atomic E-state index is 12.2. The summed E-state index contributed by atoms with van der Waals surface area (Å²) in [6, 6.07) is 10.0. The standard InChI is InChI=1S/C17H21N3O2S/c1-12(11-23-2)17-18-16(19-22-17)14-8-15(21)20(10-14)9-13-6-4-3-5-7-13/h3-7,12,14H,8-11H2,1-2H3/t12-,14+/m1/s1. The molecule has 0 bridgehead atoms. The number of benzene rings is 1. The molecule has 1 fully saturated rings. The number of likely N-dealkylation sites (tertiary alicyclic amines) is 1. The quantitative estimate of drug-likeness (QED) is 0.814. The van der Waals surface area contributed by atoms with Crippen molar-refractivity contribution in [1.82, 2.24) is 15.0 Å². The van der Waals surface area contributed by atoms with Gasteiger partial charge in [0.1, 0.15) is 0 Å². The number of amides is 1. The first-order valence-electron chi connectivity index (χ1n) is 7.81. The Hall–Kier alpha value is -1.82. The summed E-state index contributed by atoms with van der Waals surface area (Å²) in [5.41, 5.74) is 1.14. The van der Waals surface area contributed by atoms with Crippen molar-refractivity contribution in [2.75, 3.05) is 18.6 Å². The highest BCUT2D eigenvalue weighted by atomic mass is 32.2. The molecule has 2 heterocycles. The molecule has 2 aromatic rings. The Balaban J connectivity index is 1.65. The molecule has 23 heavy (non-hydrogen) atoms. The first kappa shape index (κ1) is 16.1. The van der Waals surface area contributed by atoms with Gasteiger partial charge in [0, 0.05) is 37.1 Å². The summed E-state index contributed by atoms with van der Waals surface area (Å²) in [6.07, 6.45) is 2.52. The van der Waals surface area contributed by atoms with Gasteiger partial charge >= 0.3 is 0 Å². The third-order valence-electron chi connectivity index (χ3n) is 4.09.